The topological polar surface area (TPSA) is 29.5 Å². The fourth-order valence-electron chi connectivity index (χ4n) is 2.44. The molecule has 0 radical (unpaired) electrons. The highest BCUT2D eigenvalue weighted by molar-refractivity contribution is 5.44. The van der Waals surface area contributed by atoms with Gasteiger partial charge in [-0.15, -0.1) is 0 Å². The van der Waals surface area contributed by atoms with Gasteiger partial charge in [0.1, 0.15) is 5.75 Å². The molecular formula is C19H26O2. The van der Waals surface area contributed by atoms with Crippen LogP contribution in [-0.4, -0.2) is 18.8 Å². The Hall–Kier alpha value is -1.80. The summed E-state index contributed by atoms with van der Waals surface area (Å²) < 4.78 is 5.47. The van der Waals surface area contributed by atoms with Gasteiger partial charge in [0.05, 0.1) is 7.11 Å². The van der Waals surface area contributed by atoms with Crippen LogP contribution in [0.3, 0.4) is 0 Å². The highest BCUT2D eigenvalue weighted by Crippen LogP contribution is 2.34. The van der Waals surface area contributed by atoms with Gasteiger partial charge in [-0.3, -0.25) is 0 Å². The van der Waals surface area contributed by atoms with Gasteiger partial charge in [0.25, 0.3) is 0 Å². The lowest BCUT2D eigenvalue weighted by molar-refractivity contribution is 0.280. The molecule has 2 rings (SSSR count). The molecule has 1 atom stereocenters. The minimum Gasteiger partial charge on any atom is -0.496 e. The van der Waals surface area contributed by atoms with Crippen molar-refractivity contribution in [2.24, 2.45) is 0 Å². The Bertz CT molecular complexity index is 520. The summed E-state index contributed by atoms with van der Waals surface area (Å²) in [5.41, 5.74) is 3.55. The number of methoxy groups -OCH3 is 1. The Morgan fingerprint density at radius 3 is 2.29 bits per heavy atom. The van der Waals surface area contributed by atoms with E-state index in [4.69, 9.17) is 4.74 Å². The third kappa shape index (κ3) is 4.61. The molecule has 1 unspecified atom stereocenters. The molecule has 114 valence electrons. The average Bonchev–Trinajstić information content (AvgIpc) is 2.55. The van der Waals surface area contributed by atoms with Crippen LogP contribution >= 0.6 is 0 Å². The molecule has 2 nitrogen and oxygen atoms in total. The van der Waals surface area contributed by atoms with Gasteiger partial charge in [0.2, 0.25) is 0 Å². The van der Waals surface area contributed by atoms with E-state index >= 15 is 0 Å². The Labute approximate surface area is 128 Å². The van der Waals surface area contributed by atoms with Crippen molar-refractivity contribution in [1.29, 1.82) is 0 Å². The predicted octanol–water partition coefficient (Wildman–Crippen LogP) is 4.54. The summed E-state index contributed by atoms with van der Waals surface area (Å²) in [6.45, 7) is 6.24. The number of aryl methyl sites for hydroxylation is 1. The van der Waals surface area contributed by atoms with E-state index in [1.54, 1.807) is 7.11 Å². The van der Waals surface area contributed by atoms with E-state index in [1.165, 1.54) is 11.1 Å². The highest BCUT2D eigenvalue weighted by atomic mass is 16.5. The molecule has 2 aromatic rings. The van der Waals surface area contributed by atoms with Crippen LogP contribution in [0.15, 0.2) is 48.5 Å². The van der Waals surface area contributed by atoms with E-state index in [-0.39, 0.29) is 12.5 Å². The number of hydrogen-bond acceptors (Lipinski definition) is 2. The number of aliphatic hydroxyl groups excluding tert-OH is 1. The lowest BCUT2D eigenvalue weighted by atomic mass is 9.87. The fraction of sp³-hybridized carbons (Fsp3) is 0.368. The second-order valence-corrected chi connectivity index (χ2v) is 4.72. The summed E-state index contributed by atoms with van der Waals surface area (Å²) in [5, 5.41) is 9.35. The first-order valence-corrected chi connectivity index (χ1v) is 7.56. The molecule has 0 aliphatic heterocycles. The molecule has 0 bridgehead atoms. The Morgan fingerprint density at radius 1 is 1.05 bits per heavy atom. The molecule has 21 heavy (non-hydrogen) atoms. The number of aliphatic hydroxyl groups is 1. The van der Waals surface area contributed by atoms with E-state index in [1.807, 2.05) is 44.2 Å². The van der Waals surface area contributed by atoms with E-state index in [9.17, 15) is 5.11 Å². The van der Waals surface area contributed by atoms with Crippen LogP contribution in [0.1, 0.15) is 42.9 Å². The number of rotatable bonds is 5. The van der Waals surface area contributed by atoms with E-state index in [2.05, 4.69) is 25.1 Å². The molecular weight excluding hydrogens is 260 g/mol. The maximum Gasteiger partial charge on any atom is 0.122 e. The molecule has 0 saturated carbocycles. The Kier molecular flexibility index (Phi) is 7.55. The predicted molar refractivity (Wildman–Crippen MR) is 89.1 cm³/mol. The van der Waals surface area contributed by atoms with Crippen LogP contribution in [0.5, 0.6) is 5.75 Å². The van der Waals surface area contributed by atoms with Crippen molar-refractivity contribution in [2.75, 3.05) is 13.7 Å². The van der Waals surface area contributed by atoms with Gasteiger partial charge in [0.15, 0.2) is 0 Å². The number of ether oxygens (including phenoxy) is 1. The molecule has 0 saturated heterocycles. The normalized spacial score (nSPS) is 11.3. The van der Waals surface area contributed by atoms with Crippen molar-refractivity contribution in [1.82, 2.24) is 0 Å². The van der Waals surface area contributed by atoms with Crippen molar-refractivity contribution < 1.29 is 9.84 Å². The molecule has 0 aliphatic carbocycles. The standard InChI is InChI=1S/C17H20O2.C2H6/c1-13-8-9-17(19-2)16(12-13)15(10-11-18)14-6-4-3-5-7-14;1-2/h3-9,12,15,18H,10-11H2,1-2H3;1-2H3. The minimum atomic E-state index is 0.163. The lowest BCUT2D eigenvalue weighted by Crippen LogP contribution is -2.06. The third-order valence-corrected chi connectivity index (χ3v) is 3.38. The van der Waals surface area contributed by atoms with Crippen LogP contribution in [0, 0.1) is 6.92 Å². The summed E-state index contributed by atoms with van der Waals surface area (Å²) >= 11 is 0. The van der Waals surface area contributed by atoms with Crippen LogP contribution in [-0.2, 0) is 0 Å². The second-order valence-electron chi connectivity index (χ2n) is 4.72. The summed E-state index contributed by atoms with van der Waals surface area (Å²) in [6.07, 6.45) is 0.698. The SMILES string of the molecule is CC.COc1ccc(C)cc1C(CCO)c1ccccc1. The quantitative estimate of drug-likeness (QED) is 0.874. The van der Waals surface area contributed by atoms with Crippen molar-refractivity contribution >= 4 is 0 Å². The van der Waals surface area contributed by atoms with Gasteiger partial charge in [-0.1, -0.05) is 61.9 Å². The molecule has 0 heterocycles. The van der Waals surface area contributed by atoms with E-state index in [0.29, 0.717) is 6.42 Å². The van der Waals surface area contributed by atoms with Crippen LogP contribution in [0.4, 0.5) is 0 Å². The Balaban J connectivity index is 0.00000106. The first-order chi connectivity index (χ1) is 10.3. The van der Waals surface area contributed by atoms with Gasteiger partial charge < -0.3 is 9.84 Å². The molecule has 0 amide bonds. The monoisotopic (exact) mass is 286 g/mol. The lowest BCUT2D eigenvalue weighted by Gasteiger charge is -2.20. The third-order valence-electron chi connectivity index (χ3n) is 3.38. The molecule has 0 fully saturated rings. The van der Waals surface area contributed by atoms with Crippen molar-refractivity contribution in [2.45, 2.75) is 33.1 Å². The van der Waals surface area contributed by atoms with Crippen molar-refractivity contribution in [3.63, 3.8) is 0 Å². The van der Waals surface area contributed by atoms with Crippen LogP contribution in [0.25, 0.3) is 0 Å². The molecule has 0 spiro atoms. The summed E-state index contributed by atoms with van der Waals surface area (Å²) in [4.78, 5) is 0. The zero-order valence-electron chi connectivity index (χ0n) is 13.5. The molecule has 0 aliphatic rings. The smallest absolute Gasteiger partial charge is 0.122 e. The van der Waals surface area contributed by atoms with Crippen LogP contribution in [0.2, 0.25) is 0 Å². The Morgan fingerprint density at radius 2 is 1.71 bits per heavy atom. The van der Waals surface area contributed by atoms with E-state index < -0.39 is 0 Å². The molecule has 2 aromatic carbocycles. The summed E-state index contributed by atoms with van der Waals surface area (Å²) in [6, 6.07) is 16.5. The summed E-state index contributed by atoms with van der Waals surface area (Å²) in [5.74, 6) is 1.05. The van der Waals surface area contributed by atoms with Crippen LogP contribution < -0.4 is 4.74 Å². The molecule has 2 heteroatoms. The van der Waals surface area contributed by atoms with Gasteiger partial charge in [0, 0.05) is 18.1 Å². The van der Waals surface area contributed by atoms with Gasteiger partial charge >= 0.3 is 0 Å². The van der Waals surface area contributed by atoms with Gasteiger partial charge in [-0.25, -0.2) is 0 Å². The molecule has 0 aromatic heterocycles. The van der Waals surface area contributed by atoms with E-state index in [0.717, 1.165) is 11.3 Å². The second kappa shape index (κ2) is 9.19. The first kappa shape index (κ1) is 17.3. The molecule has 1 N–H and O–H groups in total. The number of hydrogen-bond donors (Lipinski definition) is 1. The number of benzene rings is 2. The largest absolute Gasteiger partial charge is 0.496 e. The zero-order valence-corrected chi connectivity index (χ0v) is 13.5. The van der Waals surface area contributed by atoms with Gasteiger partial charge in [-0.05, 0) is 25.0 Å². The first-order valence-electron chi connectivity index (χ1n) is 7.56. The summed E-state index contributed by atoms with van der Waals surface area (Å²) in [7, 11) is 1.69. The maximum atomic E-state index is 9.35. The minimum absolute atomic E-state index is 0.163. The highest BCUT2D eigenvalue weighted by Gasteiger charge is 2.17. The van der Waals surface area contributed by atoms with Crippen molar-refractivity contribution in [3.8, 4) is 5.75 Å². The zero-order chi connectivity index (χ0) is 15.7. The average molecular weight is 286 g/mol. The maximum absolute atomic E-state index is 9.35. The van der Waals surface area contributed by atoms with Crippen molar-refractivity contribution in [3.05, 3.63) is 65.2 Å². The fourth-order valence-corrected chi connectivity index (χ4v) is 2.44. The van der Waals surface area contributed by atoms with Gasteiger partial charge in [-0.2, -0.15) is 0 Å².